The number of nitrogens with one attached hydrogen (secondary N) is 1. The molecule has 0 amide bonds. The number of aromatic nitrogens is 3. The Morgan fingerprint density at radius 1 is 0.821 bits per heavy atom. The number of phosphoric acid groups is 1. The maximum absolute atomic E-state index is 14.1. The van der Waals surface area contributed by atoms with Crippen molar-refractivity contribution in [1.82, 2.24) is 14.9 Å². The van der Waals surface area contributed by atoms with Gasteiger partial charge in [0.25, 0.3) is 7.82 Å². The van der Waals surface area contributed by atoms with E-state index in [0.29, 0.717) is 48.7 Å². The summed E-state index contributed by atoms with van der Waals surface area (Å²) in [6.07, 6.45) is 12.2. The van der Waals surface area contributed by atoms with E-state index in [0.717, 1.165) is 94.4 Å². The number of imidazole rings is 1. The highest BCUT2D eigenvalue weighted by atomic mass is 31.2. The first-order chi connectivity index (χ1) is 32.7. The van der Waals surface area contributed by atoms with Crippen molar-refractivity contribution in [3.63, 3.8) is 0 Å². The van der Waals surface area contributed by atoms with Crippen LogP contribution in [0.15, 0.2) is 128 Å². The van der Waals surface area contributed by atoms with Crippen LogP contribution in [0.5, 0.6) is 5.75 Å². The summed E-state index contributed by atoms with van der Waals surface area (Å²) in [6.45, 7) is 2.68. The maximum atomic E-state index is 14.1. The van der Waals surface area contributed by atoms with Crippen molar-refractivity contribution in [1.29, 1.82) is 0 Å². The fourth-order valence-electron chi connectivity index (χ4n) is 7.71. The van der Waals surface area contributed by atoms with Gasteiger partial charge in [-0.3, -0.25) is 9.09 Å². The molecule has 6 aromatic rings. The van der Waals surface area contributed by atoms with Crippen LogP contribution < -0.4 is 19.5 Å². The van der Waals surface area contributed by atoms with E-state index < -0.39 is 20.7 Å². The van der Waals surface area contributed by atoms with Gasteiger partial charge in [0.15, 0.2) is 31.6 Å². The van der Waals surface area contributed by atoms with Gasteiger partial charge in [0.2, 0.25) is 0 Å². The monoisotopic (exact) mass is 932 g/mol. The number of nitrogens with zero attached hydrogens (tertiary/aromatic N) is 3. The molecule has 354 valence electrons. The molecule has 4 aromatic carbocycles. The molecular weight excluding hydrogens is 871 g/mol. The van der Waals surface area contributed by atoms with E-state index in [1.807, 2.05) is 59.4 Å². The Kier molecular flexibility index (Phi) is 20.8. The van der Waals surface area contributed by atoms with E-state index in [9.17, 15) is 29.0 Å². The normalized spacial score (nSPS) is 12.6. The van der Waals surface area contributed by atoms with Crippen molar-refractivity contribution < 1.29 is 47.5 Å². The molecule has 0 radical (unpaired) electrons. The molecule has 2 heterocycles. The van der Waals surface area contributed by atoms with Gasteiger partial charge < -0.3 is 39.4 Å². The van der Waals surface area contributed by atoms with Gasteiger partial charge >= 0.3 is 0 Å². The number of halogens is 1. The van der Waals surface area contributed by atoms with Gasteiger partial charge in [0.1, 0.15) is 11.6 Å². The molecule has 0 aliphatic rings. The first kappa shape index (κ1) is 50.9. The summed E-state index contributed by atoms with van der Waals surface area (Å²) in [5.74, 6) is 6.64. The Morgan fingerprint density at radius 3 is 2.18 bits per heavy atom. The van der Waals surface area contributed by atoms with Gasteiger partial charge in [0.05, 0.1) is 29.7 Å². The topological polar surface area (TPSA) is 162 Å². The molecule has 2 atom stereocenters. The zero-order chi connectivity index (χ0) is 47.1. The van der Waals surface area contributed by atoms with E-state index in [1.54, 1.807) is 24.3 Å². The number of phosphoric ester groups is 1. The van der Waals surface area contributed by atoms with Gasteiger partial charge in [-0.25, -0.2) is 13.9 Å². The third kappa shape index (κ3) is 17.3. The quantitative estimate of drug-likeness (QED) is 0.0124. The summed E-state index contributed by atoms with van der Waals surface area (Å²) in [5.41, 5.74) is 6.83. The molecule has 2 aromatic heterocycles. The second-order valence-corrected chi connectivity index (χ2v) is 17.5. The molecule has 2 unspecified atom stereocenters. The maximum Gasteiger partial charge on any atom is 0.268 e. The first-order valence-electron chi connectivity index (χ1n) is 23.1. The molecule has 0 aliphatic carbocycles. The van der Waals surface area contributed by atoms with Crippen LogP contribution in [0.2, 0.25) is 0 Å². The molecule has 0 fully saturated rings. The summed E-state index contributed by atoms with van der Waals surface area (Å²) in [7, 11) is -5.05. The minimum absolute atomic E-state index is 0.0756. The summed E-state index contributed by atoms with van der Waals surface area (Å²) in [5, 5.41) is 23.9. The van der Waals surface area contributed by atoms with Crippen LogP contribution in [-0.4, -0.2) is 64.4 Å². The number of pyridine rings is 1. The lowest BCUT2D eigenvalue weighted by Crippen LogP contribution is -2.33. The molecule has 14 heteroatoms. The third-order valence-corrected chi connectivity index (χ3v) is 11.6. The Hall–Kier alpha value is -5.52. The van der Waals surface area contributed by atoms with Crippen LogP contribution >= 0.6 is 7.82 Å². The molecule has 67 heavy (non-hydrogen) atoms. The van der Waals surface area contributed by atoms with E-state index >= 15 is 0 Å². The number of rotatable bonds is 28. The van der Waals surface area contributed by atoms with Gasteiger partial charge in [-0.05, 0) is 110 Å². The molecule has 0 bridgehead atoms. The van der Waals surface area contributed by atoms with Crippen molar-refractivity contribution >= 4 is 7.82 Å². The van der Waals surface area contributed by atoms with E-state index in [-0.39, 0.29) is 18.2 Å². The fourth-order valence-corrected chi connectivity index (χ4v) is 7.90. The van der Waals surface area contributed by atoms with Crippen molar-refractivity contribution in [2.45, 2.75) is 83.4 Å². The number of ether oxygens (including phenoxy) is 2. The van der Waals surface area contributed by atoms with Crippen molar-refractivity contribution in [3.8, 4) is 40.1 Å². The summed E-state index contributed by atoms with van der Waals surface area (Å²) >= 11 is 0. The van der Waals surface area contributed by atoms with Gasteiger partial charge in [-0.1, -0.05) is 85.5 Å². The van der Waals surface area contributed by atoms with Crippen LogP contribution in [-0.2, 0) is 39.8 Å². The Morgan fingerprint density at radius 2 is 1.49 bits per heavy atom. The van der Waals surface area contributed by atoms with Gasteiger partial charge in [0, 0.05) is 56.0 Å². The highest BCUT2D eigenvalue weighted by molar-refractivity contribution is 7.44. The molecule has 0 saturated carbocycles. The van der Waals surface area contributed by atoms with Crippen LogP contribution in [0.25, 0.3) is 22.5 Å². The number of aliphatic hydroxyl groups is 2. The molecular formula is C53H62FN4O8P. The Balaban J connectivity index is 1.08. The largest absolute Gasteiger partial charge is 0.756 e. The highest BCUT2D eigenvalue weighted by Gasteiger charge is 2.22. The number of unbranched alkanes of at least 4 members (excludes halogenated alkanes) is 4. The summed E-state index contributed by atoms with van der Waals surface area (Å²) in [4.78, 5) is 25.6. The molecule has 0 aliphatic heterocycles. The predicted molar refractivity (Wildman–Crippen MR) is 255 cm³/mol. The van der Waals surface area contributed by atoms with E-state index in [2.05, 4.69) is 62.6 Å². The zero-order valence-corrected chi connectivity index (χ0v) is 38.9. The number of hydrogen-bond donors (Lipinski definition) is 4. The summed E-state index contributed by atoms with van der Waals surface area (Å²) < 4.78 is 45.6. The highest BCUT2D eigenvalue weighted by Crippen LogP contribution is 2.34. The lowest BCUT2D eigenvalue weighted by Gasteiger charge is -2.18. The lowest BCUT2D eigenvalue weighted by atomic mass is 10.0. The Labute approximate surface area is 393 Å². The minimum Gasteiger partial charge on any atom is -0.756 e. The van der Waals surface area contributed by atoms with Crippen LogP contribution in [0.4, 0.5) is 4.39 Å². The Bertz CT molecular complexity index is 2490. The second kappa shape index (κ2) is 27.3. The van der Waals surface area contributed by atoms with Crippen molar-refractivity contribution in [3.05, 3.63) is 162 Å². The third-order valence-electron chi connectivity index (χ3n) is 11.2. The lowest BCUT2D eigenvalue weighted by molar-refractivity contribution is -0.688. The van der Waals surface area contributed by atoms with E-state index in [1.165, 1.54) is 23.3 Å². The number of aliphatic hydroxyl groups excluding tert-OH is 2. The number of hydrogen-bond acceptors (Lipinski definition) is 9. The molecule has 0 saturated heterocycles. The smallest absolute Gasteiger partial charge is 0.268 e. The average molecular weight is 933 g/mol. The standard InChI is InChI=1S/C53H62FN4O8P/c54-48-27-25-44(26-28-48)52-53(58(51(56-52)22-9-12-35-59)32-15-21-43-18-7-4-8-19-43)45-29-33-57(34-30-45)40-47-24-23-46(38-50(47)65-41-66-67(61,62)63)49(60)39-55-31-11-1-2-13-36-64-37-14-10-20-42-16-5-3-6-17-42/h3-8,16-19,23-30,33-34,38,49,55,59-60H,1-2,10-15,20-21,31-32,35-37,39-41H2,(H-,61,62,63). The van der Waals surface area contributed by atoms with E-state index in [4.69, 9.17) is 14.5 Å². The molecule has 4 N–H and O–H groups in total. The zero-order valence-electron chi connectivity index (χ0n) is 38.0. The van der Waals surface area contributed by atoms with Crippen molar-refractivity contribution in [2.75, 3.05) is 39.7 Å². The minimum atomic E-state index is -5.05. The van der Waals surface area contributed by atoms with Crippen LogP contribution in [0, 0.1) is 17.7 Å². The van der Waals surface area contributed by atoms with Crippen LogP contribution in [0.1, 0.15) is 85.5 Å². The average Bonchev–Trinajstić information content (AvgIpc) is 3.69. The van der Waals surface area contributed by atoms with Gasteiger partial charge in [-0.15, -0.1) is 0 Å². The number of aryl methyl sites for hydroxylation is 2. The van der Waals surface area contributed by atoms with Gasteiger partial charge in [-0.2, -0.15) is 0 Å². The fraction of sp³-hybridized carbons (Fsp3) is 0.358. The SMILES string of the molecule is O=P([O-])(O)OCOc1cc(C(O)CNCCCCCCOCCCCc2ccccc2)ccc1C[n+]1ccc(-c2c(-c3ccc(F)cc3)nc(C#CCCO)n2CCCc2ccccc2)cc1. The molecule has 0 spiro atoms. The van der Waals surface area contributed by atoms with Crippen LogP contribution in [0.3, 0.4) is 0 Å². The molecule has 6 rings (SSSR count). The first-order valence-corrected chi connectivity index (χ1v) is 24.6. The van der Waals surface area contributed by atoms with Crippen molar-refractivity contribution in [2.24, 2.45) is 0 Å². The number of benzene rings is 4. The predicted octanol–water partition coefficient (Wildman–Crippen LogP) is 8.10. The molecule has 12 nitrogen and oxygen atoms in total. The summed E-state index contributed by atoms with van der Waals surface area (Å²) in [6, 6.07) is 36.1. The second-order valence-electron chi connectivity index (χ2n) is 16.3.